The topological polar surface area (TPSA) is 29.1 Å². The number of halogens is 13. The number of carbonyl (C=O) groups excluding carboxylic acids is 1. The molecule has 2 aromatic carbocycles. The van der Waals surface area contributed by atoms with Gasteiger partial charge in [-0.3, -0.25) is 4.79 Å². The highest BCUT2D eigenvalue weighted by Gasteiger charge is 2.41. The Morgan fingerprint density at radius 3 is 2.05 bits per heavy atom. The summed E-state index contributed by atoms with van der Waals surface area (Å²) in [7, 11) is 0. The van der Waals surface area contributed by atoms with Gasteiger partial charge in [-0.05, 0) is 42.8 Å². The van der Waals surface area contributed by atoms with Gasteiger partial charge in [0, 0.05) is 23.1 Å². The van der Waals surface area contributed by atoms with Crippen molar-refractivity contribution in [2.45, 2.75) is 43.8 Å². The van der Waals surface area contributed by atoms with Crippen LogP contribution < -0.4 is 5.32 Å². The van der Waals surface area contributed by atoms with E-state index in [4.69, 9.17) is 34.8 Å². The maximum atomic E-state index is 15.0. The minimum Gasteiger partial charge on any atom is -0.349 e. The molecule has 1 amide bonds. The van der Waals surface area contributed by atoms with Gasteiger partial charge in [0.05, 0.1) is 32.6 Å². The van der Waals surface area contributed by atoms with E-state index in [-0.39, 0.29) is 38.7 Å². The summed E-state index contributed by atoms with van der Waals surface area (Å²) >= 11 is 18.1. The second-order valence-corrected chi connectivity index (χ2v) is 10.7. The molecule has 0 spiro atoms. The maximum Gasteiger partial charge on any atom is 0.417 e. The van der Waals surface area contributed by atoms with Crippen molar-refractivity contribution in [3.63, 3.8) is 0 Å². The van der Waals surface area contributed by atoms with Gasteiger partial charge in [-0.15, -0.1) is 0 Å². The summed E-state index contributed by atoms with van der Waals surface area (Å²) < 4.78 is 134. The minimum atomic E-state index is -5.21. The van der Waals surface area contributed by atoms with Crippen LogP contribution in [0.4, 0.5) is 43.9 Å². The van der Waals surface area contributed by atoms with Crippen molar-refractivity contribution in [3.05, 3.63) is 73.7 Å². The lowest BCUT2D eigenvalue weighted by Crippen LogP contribution is -2.35. The first-order valence-electron chi connectivity index (χ1n) is 11.0. The van der Waals surface area contributed by atoms with Crippen LogP contribution in [0.3, 0.4) is 0 Å². The molecule has 1 N–H and O–H groups in total. The van der Waals surface area contributed by atoms with Crippen LogP contribution in [0.5, 0.6) is 0 Å². The molecule has 2 nitrogen and oxygen atoms in total. The van der Waals surface area contributed by atoms with Crippen LogP contribution in [0.1, 0.15) is 46.3 Å². The number of allylic oxidation sites excluding steroid dienone is 1. The van der Waals surface area contributed by atoms with E-state index in [9.17, 15) is 48.7 Å². The average Bonchev–Trinajstić information content (AvgIpc) is 2.81. The average molecular weight is 665 g/mol. The van der Waals surface area contributed by atoms with Gasteiger partial charge >= 0.3 is 18.5 Å². The van der Waals surface area contributed by atoms with Gasteiger partial charge in [0.2, 0.25) is 0 Å². The van der Waals surface area contributed by atoms with E-state index in [1.165, 1.54) is 6.92 Å². The molecule has 2 aromatic rings. The zero-order valence-corrected chi connectivity index (χ0v) is 23.1. The molecule has 0 radical (unpaired) electrons. The van der Waals surface area contributed by atoms with Crippen LogP contribution in [-0.4, -0.2) is 35.8 Å². The van der Waals surface area contributed by atoms with Crippen molar-refractivity contribution in [1.29, 1.82) is 0 Å². The standard InChI is InChI=1S/C24H18Cl3F10NOS/c1-11(10-40-5-4-22(29,30)31)38-21(39)14-3-2-12(6-16(14)24(35,36)37)19(28)9-15(23(32,33)34)13-7-17(25)20(27)18(26)8-13/h2-3,6-9,11,15H,4-5,10H2,1H3,(H,38,39)/b19-9-. The quantitative estimate of drug-likeness (QED) is 0.164. The molecule has 0 heterocycles. The van der Waals surface area contributed by atoms with Crippen LogP contribution in [0, 0.1) is 0 Å². The Balaban J connectivity index is 2.36. The Bertz CT molecular complexity index is 1220. The van der Waals surface area contributed by atoms with Gasteiger partial charge in [-0.2, -0.15) is 51.3 Å². The molecule has 0 aliphatic carbocycles. The van der Waals surface area contributed by atoms with E-state index in [0.29, 0.717) is 12.1 Å². The molecule has 2 rings (SSSR count). The number of rotatable bonds is 9. The normalized spacial score (nSPS) is 14.7. The SMILES string of the molecule is CC(CSCCC(F)(F)F)NC(=O)c1ccc(/C(F)=C/C(c2cc(Cl)c(Cl)c(Cl)c2)C(F)(F)F)cc1C(F)(F)F. The van der Waals surface area contributed by atoms with Gasteiger partial charge in [-0.25, -0.2) is 4.39 Å². The van der Waals surface area contributed by atoms with E-state index in [1.807, 2.05) is 0 Å². The molecule has 0 saturated carbocycles. The van der Waals surface area contributed by atoms with Crippen LogP contribution in [0.25, 0.3) is 5.83 Å². The van der Waals surface area contributed by atoms with Crippen molar-refractivity contribution in [2.75, 3.05) is 11.5 Å². The molecule has 0 bridgehead atoms. The molecule has 40 heavy (non-hydrogen) atoms. The third-order valence-corrected chi connectivity index (χ3v) is 7.58. The van der Waals surface area contributed by atoms with Crippen LogP contribution in [0.2, 0.25) is 15.1 Å². The lowest BCUT2D eigenvalue weighted by atomic mass is 9.95. The van der Waals surface area contributed by atoms with E-state index in [0.717, 1.165) is 23.9 Å². The summed E-state index contributed by atoms with van der Waals surface area (Å²) in [5.74, 6) is -5.99. The highest BCUT2D eigenvalue weighted by molar-refractivity contribution is 7.99. The third kappa shape index (κ3) is 9.92. The molecule has 0 fully saturated rings. The fraction of sp³-hybridized carbons (Fsp3) is 0.375. The van der Waals surface area contributed by atoms with E-state index < -0.39 is 70.9 Å². The zero-order chi connectivity index (χ0) is 30.6. The number of alkyl halides is 9. The zero-order valence-electron chi connectivity index (χ0n) is 20.0. The number of benzene rings is 2. The molecular weight excluding hydrogens is 647 g/mol. The summed E-state index contributed by atoms with van der Waals surface area (Å²) in [4.78, 5) is 12.5. The van der Waals surface area contributed by atoms with Gasteiger partial charge < -0.3 is 5.32 Å². The summed E-state index contributed by atoms with van der Waals surface area (Å²) in [5.41, 5.74) is -4.12. The molecule has 2 unspecified atom stereocenters. The van der Waals surface area contributed by atoms with Crippen molar-refractivity contribution < 1.29 is 48.7 Å². The van der Waals surface area contributed by atoms with Gasteiger partial charge in [0.25, 0.3) is 5.91 Å². The Morgan fingerprint density at radius 2 is 1.55 bits per heavy atom. The molecule has 222 valence electrons. The first kappa shape index (κ1) is 34.4. The first-order chi connectivity index (χ1) is 18.2. The number of thioether (sulfide) groups is 1. The first-order valence-corrected chi connectivity index (χ1v) is 13.2. The van der Waals surface area contributed by atoms with E-state index >= 15 is 0 Å². The van der Waals surface area contributed by atoms with Crippen molar-refractivity contribution in [1.82, 2.24) is 5.32 Å². The summed E-state index contributed by atoms with van der Waals surface area (Å²) in [6, 6.07) is 2.19. The fourth-order valence-electron chi connectivity index (χ4n) is 3.29. The van der Waals surface area contributed by atoms with Gasteiger partial charge in [-0.1, -0.05) is 40.9 Å². The number of amides is 1. The number of nitrogens with one attached hydrogen (secondary N) is 1. The molecule has 0 saturated heterocycles. The van der Waals surface area contributed by atoms with Crippen LogP contribution in [-0.2, 0) is 6.18 Å². The van der Waals surface area contributed by atoms with Crippen LogP contribution >= 0.6 is 46.6 Å². The maximum absolute atomic E-state index is 15.0. The minimum absolute atomic E-state index is 0.0331. The van der Waals surface area contributed by atoms with E-state index in [2.05, 4.69) is 5.32 Å². The Hall–Kier alpha value is -1.83. The van der Waals surface area contributed by atoms with Crippen LogP contribution in [0.15, 0.2) is 36.4 Å². The molecule has 16 heteroatoms. The Labute approximate surface area is 241 Å². The lowest BCUT2D eigenvalue weighted by molar-refractivity contribution is -0.140. The summed E-state index contributed by atoms with van der Waals surface area (Å²) in [5, 5.41) is 1.22. The van der Waals surface area contributed by atoms with Gasteiger partial charge in [0.15, 0.2) is 0 Å². The highest BCUT2D eigenvalue weighted by Crippen LogP contribution is 2.43. The van der Waals surface area contributed by atoms with Gasteiger partial charge in [0.1, 0.15) is 11.7 Å². The fourth-order valence-corrected chi connectivity index (χ4v) is 4.89. The van der Waals surface area contributed by atoms with Crippen molar-refractivity contribution >= 4 is 58.3 Å². The molecule has 0 aliphatic rings. The summed E-state index contributed by atoms with van der Waals surface area (Å²) in [6.45, 7) is 1.36. The molecule has 2 atom stereocenters. The number of carbonyl (C=O) groups is 1. The molecular formula is C24H18Cl3F10NOS. The number of hydrogen-bond donors (Lipinski definition) is 1. The third-order valence-electron chi connectivity index (χ3n) is 5.15. The molecule has 0 aliphatic heterocycles. The highest BCUT2D eigenvalue weighted by atomic mass is 35.5. The van der Waals surface area contributed by atoms with Crippen molar-refractivity contribution in [3.8, 4) is 0 Å². The monoisotopic (exact) mass is 663 g/mol. The second-order valence-electron chi connectivity index (χ2n) is 8.41. The number of hydrogen-bond acceptors (Lipinski definition) is 2. The predicted molar refractivity (Wildman–Crippen MR) is 136 cm³/mol. The van der Waals surface area contributed by atoms with Crippen molar-refractivity contribution in [2.24, 2.45) is 0 Å². The Morgan fingerprint density at radius 1 is 0.975 bits per heavy atom. The lowest BCUT2D eigenvalue weighted by Gasteiger charge is -2.20. The smallest absolute Gasteiger partial charge is 0.349 e. The largest absolute Gasteiger partial charge is 0.417 e. The van der Waals surface area contributed by atoms with E-state index in [1.54, 1.807) is 0 Å². The predicted octanol–water partition coefficient (Wildman–Crippen LogP) is 10.1. The molecule has 0 aromatic heterocycles. The Kier molecular flexibility index (Phi) is 11.5. The second kappa shape index (κ2) is 13.4. The summed E-state index contributed by atoms with van der Waals surface area (Å²) in [6.07, 6.45) is -15.8.